The first kappa shape index (κ1) is 16.7. The Labute approximate surface area is 151 Å². The fourth-order valence-electron chi connectivity index (χ4n) is 2.28. The van der Waals surface area contributed by atoms with Crippen molar-refractivity contribution in [1.29, 1.82) is 5.26 Å². The molecule has 0 amide bonds. The number of nitrogens with zero attached hydrogens (tertiary/aromatic N) is 3. The van der Waals surface area contributed by atoms with Crippen LogP contribution >= 0.6 is 11.6 Å². The number of rotatable bonds is 6. The summed E-state index contributed by atoms with van der Waals surface area (Å²) in [6.45, 7) is 0.759. The molecule has 0 bridgehead atoms. The van der Waals surface area contributed by atoms with Gasteiger partial charge >= 0.3 is 0 Å². The number of benzene rings is 2. The Bertz CT molecular complexity index is 870. The summed E-state index contributed by atoms with van der Waals surface area (Å²) in [5.74, 6) is 1.44. The van der Waals surface area contributed by atoms with Crippen molar-refractivity contribution in [3.8, 4) is 6.07 Å². The summed E-state index contributed by atoms with van der Waals surface area (Å²) in [5, 5.41) is 16.0. The van der Waals surface area contributed by atoms with Gasteiger partial charge in [0.25, 0.3) is 0 Å². The molecule has 0 spiro atoms. The van der Waals surface area contributed by atoms with Gasteiger partial charge in [0.05, 0.1) is 11.6 Å². The summed E-state index contributed by atoms with van der Waals surface area (Å²) < 4.78 is 0. The van der Waals surface area contributed by atoms with E-state index in [1.807, 2.05) is 42.5 Å². The van der Waals surface area contributed by atoms with Gasteiger partial charge in [-0.3, -0.25) is 0 Å². The number of halogens is 1. The molecule has 6 heteroatoms. The van der Waals surface area contributed by atoms with Crippen molar-refractivity contribution in [3.63, 3.8) is 0 Å². The second kappa shape index (κ2) is 8.13. The average molecular weight is 350 g/mol. The van der Waals surface area contributed by atoms with Gasteiger partial charge in [0, 0.05) is 23.3 Å². The minimum atomic E-state index is 0.623. The topological polar surface area (TPSA) is 73.6 Å². The standard InChI is InChI=1S/C19H16ClN5/c20-16-5-1-14(2-6-16)9-10-22-18-11-19(24-13-23-18)25-17-7-3-15(12-21)4-8-17/h1-8,11,13H,9-10H2,(H2,22,23,24,25). The Kier molecular flexibility index (Phi) is 5.45. The molecular weight excluding hydrogens is 334 g/mol. The van der Waals surface area contributed by atoms with E-state index in [1.54, 1.807) is 12.1 Å². The molecule has 3 rings (SSSR count). The zero-order valence-electron chi connectivity index (χ0n) is 13.4. The largest absolute Gasteiger partial charge is 0.370 e. The first-order valence-corrected chi connectivity index (χ1v) is 8.18. The molecule has 0 aliphatic rings. The van der Waals surface area contributed by atoms with Crippen LogP contribution in [0.1, 0.15) is 11.1 Å². The second-order valence-corrected chi connectivity index (χ2v) is 5.84. The van der Waals surface area contributed by atoms with E-state index < -0.39 is 0 Å². The van der Waals surface area contributed by atoms with Gasteiger partial charge in [0.2, 0.25) is 0 Å². The highest BCUT2D eigenvalue weighted by Crippen LogP contribution is 2.17. The molecule has 3 aromatic rings. The summed E-state index contributed by atoms with van der Waals surface area (Å²) in [7, 11) is 0. The normalized spacial score (nSPS) is 10.1. The predicted molar refractivity (Wildman–Crippen MR) is 100 cm³/mol. The quantitative estimate of drug-likeness (QED) is 0.690. The van der Waals surface area contributed by atoms with Crippen LogP contribution in [-0.4, -0.2) is 16.5 Å². The Morgan fingerprint density at radius 3 is 2.40 bits per heavy atom. The van der Waals surface area contributed by atoms with E-state index in [9.17, 15) is 0 Å². The maximum Gasteiger partial charge on any atom is 0.135 e. The lowest BCUT2D eigenvalue weighted by atomic mass is 10.1. The van der Waals surface area contributed by atoms with Gasteiger partial charge in [0.1, 0.15) is 18.0 Å². The number of hydrogen-bond donors (Lipinski definition) is 2. The molecule has 0 aliphatic carbocycles. The second-order valence-electron chi connectivity index (χ2n) is 5.41. The van der Waals surface area contributed by atoms with Crippen LogP contribution in [0.4, 0.5) is 17.3 Å². The molecule has 1 aromatic heterocycles. The number of anilines is 3. The zero-order valence-corrected chi connectivity index (χ0v) is 14.2. The van der Waals surface area contributed by atoms with Gasteiger partial charge in [0.15, 0.2) is 0 Å². The zero-order chi connectivity index (χ0) is 17.5. The molecule has 0 saturated carbocycles. The number of nitriles is 1. The molecule has 0 aliphatic heterocycles. The van der Waals surface area contributed by atoms with Gasteiger partial charge < -0.3 is 10.6 Å². The minimum Gasteiger partial charge on any atom is -0.370 e. The predicted octanol–water partition coefficient (Wildman–Crippen LogP) is 4.40. The van der Waals surface area contributed by atoms with E-state index in [0.29, 0.717) is 11.4 Å². The molecule has 5 nitrogen and oxygen atoms in total. The van der Waals surface area contributed by atoms with Crippen LogP contribution < -0.4 is 10.6 Å². The van der Waals surface area contributed by atoms with Gasteiger partial charge in [-0.15, -0.1) is 0 Å². The Morgan fingerprint density at radius 2 is 1.68 bits per heavy atom. The van der Waals surface area contributed by atoms with E-state index in [-0.39, 0.29) is 0 Å². The smallest absolute Gasteiger partial charge is 0.135 e. The van der Waals surface area contributed by atoms with E-state index in [4.69, 9.17) is 16.9 Å². The molecular formula is C19H16ClN5. The molecule has 124 valence electrons. The first-order chi connectivity index (χ1) is 12.2. The van der Waals surface area contributed by atoms with Crippen molar-refractivity contribution in [2.45, 2.75) is 6.42 Å². The van der Waals surface area contributed by atoms with E-state index >= 15 is 0 Å². The monoisotopic (exact) mass is 349 g/mol. The molecule has 2 aromatic carbocycles. The molecule has 0 atom stereocenters. The maximum absolute atomic E-state index is 8.83. The third kappa shape index (κ3) is 4.93. The third-order valence-corrected chi connectivity index (χ3v) is 3.84. The van der Waals surface area contributed by atoms with Gasteiger partial charge in [-0.05, 0) is 48.4 Å². The van der Waals surface area contributed by atoms with E-state index in [0.717, 1.165) is 29.5 Å². The fraction of sp³-hybridized carbons (Fsp3) is 0.105. The number of aromatic nitrogens is 2. The summed E-state index contributed by atoms with van der Waals surface area (Å²) in [4.78, 5) is 8.44. The van der Waals surface area contributed by atoms with Crippen molar-refractivity contribution < 1.29 is 0 Å². The maximum atomic E-state index is 8.83. The molecule has 0 saturated heterocycles. The SMILES string of the molecule is N#Cc1ccc(Nc2cc(NCCc3ccc(Cl)cc3)ncn2)cc1. The van der Waals surface area contributed by atoms with Crippen molar-refractivity contribution in [2.24, 2.45) is 0 Å². The van der Waals surface area contributed by atoms with Crippen LogP contribution in [0, 0.1) is 11.3 Å². The lowest BCUT2D eigenvalue weighted by molar-refractivity contribution is 1.000. The van der Waals surface area contributed by atoms with Crippen molar-refractivity contribution in [1.82, 2.24) is 9.97 Å². The fourth-order valence-corrected chi connectivity index (χ4v) is 2.41. The summed E-state index contributed by atoms with van der Waals surface area (Å²) in [6.07, 6.45) is 2.39. The summed E-state index contributed by atoms with van der Waals surface area (Å²) in [5.41, 5.74) is 2.70. The molecule has 1 heterocycles. The highest BCUT2D eigenvalue weighted by molar-refractivity contribution is 6.30. The van der Waals surface area contributed by atoms with Crippen LogP contribution in [-0.2, 0) is 6.42 Å². The Hall–Kier alpha value is -3.10. The molecule has 25 heavy (non-hydrogen) atoms. The minimum absolute atomic E-state index is 0.623. The lowest BCUT2D eigenvalue weighted by Crippen LogP contribution is -2.07. The molecule has 0 radical (unpaired) electrons. The summed E-state index contributed by atoms with van der Waals surface area (Å²) >= 11 is 5.89. The molecule has 0 fully saturated rings. The van der Waals surface area contributed by atoms with Crippen LogP contribution in [0.15, 0.2) is 60.9 Å². The number of hydrogen-bond acceptors (Lipinski definition) is 5. The molecule has 0 unspecified atom stereocenters. The van der Waals surface area contributed by atoms with Gasteiger partial charge in [-0.2, -0.15) is 5.26 Å². The van der Waals surface area contributed by atoms with Crippen LogP contribution in [0.5, 0.6) is 0 Å². The lowest BCUT2D eigenvalue weighted by Gasteiger charge is -2.09. The Balaban J connectivity index is 1.57. The van der Waals surface area contributed by atoms with E-state index in [1.165, 1.54) is 11.9 Å². The van der Waals surface area contributed by atoms with Crippen molar-refractivity contribution >= 4 is 28.9 Å². The highest BCUT2D eigenvalue weighted by Gasteiger charge is 2.01. The Morgan fingerprint density at radius 1 is 0.960 bits per heavy atom. The van der Waals surface area contributed by atoms with Crippen LogP contribution in [0.25, 0.3) is 0 Å². The highest BCUT2D eigenvalue weighted by atomic mass is 35.5. The van der Waals surface area contributed by atoms with Crippen LogP contribution in [0.3, 0.4) is 0 Å². The molecule has 2 N–H and O–H groups in total. The van der Waals surface area contributed by atoms with Crippen molar-refractivity contribution in [3.05, 3.63) is 77.1 Å². The van der Waals surface area contributed by atoms with E-state index in [2.05, 4.69) is 26.7 Å². The third-order valence-electron chi connectivity index (χ3n) is 3.59. The van der Waals surface area contributed by atoms with Crippen LogP contribution in [0.2, 0.25) is 5.02 Å². The summed E-state index contributed by atoms with van der Waals surface area (Å²) in [6, 6.07) is 19.0. The van der Waals surface area contributed by atoms with Gasteiger partial charge in [-0.25, -0.2) is 9.97 Å². The van der Waals surface area contributed by atoms with Crippen molar-refractivity contribution in [2.75, 3.05) is 17.2 Å². The van der Waals surface area contributed by atoms with Gasteiger partial charge in [-0.1, -0.05) is 23.7 Å². The average Bonchev–Trinajstić information content (AvgIpc) is 2.64. The number of nitrogens with one attached hydrogen (secondary N) is 2. The first-order valence-electron chi connectivity index (χ1n) is 7.80.